The van der Waals surface area contributed by atoms with Gasteiger partial charge in [0.05, 0.1) is 0 Å². The number of carboxylic acids is 1. The first-order valence-electron chi connectivity index (χ1n) is 3.93. The topological polar surface area (TPSA) is 102 Å². The first kappa shape index (κ1) is 10.2. The highest BCUT2D eigenvalue weighted by Crippen LogP contribution is 2.15. The van der Waals surface area contributed by atoms with E-state index in [-0.39, 0.29) is 11.4 Å². The van der Waals surface area contributed by atoms with Crippen molar-refractivity contribution in [3.05, 3.63) is 36.0 Å². The average Bonchev–Trinajstić information content (AvgIpc) is 2.17. The number of aromatic carboxylic acids is 1. The fourth-order valence-electron chi connectivity index (χ4n) is 0.981. The van der Waals surface area contributed by atoms with E-state index in [1.165, 1.54) is 18.3 Å². The molecule has 0 aromatic carbocycles. The Hall–Kier alpha value is -1.88. The predicted molar refractivity (Wildman–Crippen MR) is 52.7 cm³/mol. The van der Waals surface area contributed by atoms with E-state index < -0.39 is 12.0 Å². The summed E-state index contributed by atoms with van der Waals surface area (Å²) in [5.74, 6) is -1.13. The Bertz CT molecular complexity index is 376. The summed E-state index contributed by atoms with van der Waals surface area (Å²) in [6.45, 7) is 3.50. The van der Waals surface area contributed by atoms with Crippen LogP contribution in [0.4, 0.5) is 5.82 Å². The van der Waals surface area contributed by atoms with Crippen LogP contribution < -0.4 is 11.5 Å². The Morgan fingerprint density at radius 3 is 2.86 bits per heavy atom. The molecule has 0 amide bonds. The van der Waals surface area contributed by atoms with Crippen molar-refractivity contribution in [3.8, 4) is 0 Å². The first-order chi connectivity index (χ1) is 6.56. The predicted octanol–water partition coefficient (Wildman–Crippen LogP) is 0.548. The van der Waals surface area contributed by atoms with Crippen LogP contribution in [-0.2, 0) is 0 Å². The third-order valence-electron chi connectivity index (χ3n) is 1.81. The molecule has 14 heavy (non-hydrogen) atoms. The van der Waals surface area contributed by atoms with E-state index in [0.717, 1.165) is 0 Å². The molecule has 5 N–H and O–H groups in total. The van der Waals surface area contributed by atoms with Crippen LogP contribution in [0.25, 0.3) is 0 Å². The molecule has 0 spiro atoms. The molecule has 5 nitrogen and oxygen atoms in total. The van der Waals surface area contributed by atoms with E-state index in [1.807, 2.05) is 0 Å². The second kappa shape index (κ2) is 3.89. The van der Waals surface area contributed by atoms with Gasteiger partial charge in [-0.25, -0.2) is 9.78 Å². The van der Waals surface area contributed by atoms with Crippen molar-refractivity contribution in [2.45, 2.75) is 6.04 Å². The molecule has 74 valence electrons. The van der Waals surface area contributed by atoms with Crippen molar-refractivity contribution < 1.29 is 9.90 Å². The van der Waals surface area contributed by atoms with Crippen molar-refractivity contribution in [1.82, 2.24) is 4.98 Å². The molecule has 1 aromatic rings. The molecule has 1 aromatic heterocycles. The molecule has 0 aliphatic rings. The number of nitrogen functional groups attached to an aromatic ring is 1. The molecule has 1 rings (SSSR count). The van der Waals surface area contributed by atoms with Crippen LogP contribution in [0.5, 0.6) is 0 Å². The van der Waals surface area contributed by atoms with Crippen molar-refractivity contribution >= 4 is 11.8 Å². The molecular formula is C9H11N3O2. The van der Waals surface area contributed by atoms with Crippen LogP contribution in [-0.4, -0.2) is 16.1 Å². The molecule has 0 aliphatic heterocycles. The second-order valence-corrected chi connectivity index (χ2v) is 2.77. The summed E-state index contributed by atoms with van der Waals surface area (Å²) in [5, 5.41) is 8.76. The number of carboxylic acid groups (broad SMARTS) is 1. The lowest BCUT2D eigenvalue weighted by atomic mass is 10.1. The summed E-state index contributed by atoms with van der Waals surface area (Å²) in [6, 6.07) is 0.970. The maximum atomic E-state index is 10.7. The summed E-state index contributed by atoms with van der Waals surface area (Å²) in [5.41, 5.74) is 11.5. The lowest BCUT2D eigenvalue weighted by molar-refractivity contribution is 0.0697. The number of anilines is 1. The van der Waals surface area contributed by atoms with Gasteiger partial charge < -0.3 is 16.6 Å². The van der Waals surface area contributed by atoms with Crippen LogP contribution in [0, 0.1) is 0 Å². The van der Waals surface area contributed by atoms with Gasteiger partial charge in [-0.05, 0) is 11.6 Å². The molecule has 0 saturated carbocycles. The summed E-state index contributed by atoms with van der Waals surface area (Å²) in [6.07, 6.45) is 2.94. The number of nitrogens with zero attached hydrogens (tertiary/aromatic N) is 1. The number of hydrogen-bond acceptors (Lipinski definition) is 4. The number of hydrogen-bond donors (Lipinski definition) is 3. The number of nitrogens with two attached hydrogens (primary N) is 2. The third kappa shape index (κ3) is 1.89. The Labute approximate surface area is 81.1 Å². The Kier molecular flexibility index (Phi) is 2.83. The molecule has 1 atom stereocenters. The zero-order valence-electron chi connectivity index (χ0n) is 7.47. The second-order valence-electron chi connectivity index (χ2n) is 2.77. The molecule has 5 heteroatoms. The highest BCUT2D eigenvalue weighted by molar-refractivity contribution is 5.92. The molecule has 1 unspecified atom stereocenters. The number of carbonyl (C=O) groups is 1. The lowest BCUT2D eigenvalue weighted by Gasteiger charge is -2.07. The van der Waals surface area contributed by atoms with Crippen molar-refractivity contribution in [2.24, 2.45) is 5.73 Å². The Balaban J connectivity index is 3.19. The quantitative estimate of drug-likeness (QED) is 0.608. The monoisotopic (exact) mass is 193 g/mol. The number of aromatic nitrogens is 1. The van der Waals surface area contributed by atoms with Gasteiger partial charge >= 0.3 is 5.97 Å². The largest absolute Gasteiger partial charge is 0.478 e. The minimum Gasteiger partial charge on any atom is -0.478 e. The van der Waals surface area contributed by atoms with Gasteiger partial charge in [0.2, 0.25) is 0 Å². The zero-order chi connectivity index (χ0) is 10.7. The Morgan fingerprint density at radius 2 is 2.36 bits per heavy atom. The van der Waals surface area contributed by atoms with Gasteiger partial charge in [0.1, 0.15) is 11.4 Å². The van der Waals surface area contributed by atoms with Crippen molar-refractivity contribution in [3.63, 3.8) is 0 Å². The molecule has 0 aliphatic carbocycles. The van der Waals surface area contributed by atoms with Gasteiger partial charge in [-0.1, -0.05) is 6.08 Å². The zero-order valence-corrected chi connectivity index (χ0v) is 7.47. The van der Waals surface area contributed by atoms with Gasteiger partial charge in [-0.15, -0.1) is 6.58 Å². The van der Waals surface area contributed by atoms with Crippen LogP contribution in [0.1, 0.15) is 22.0 Å². The minimum atomic E-state index is -1.12. The average molecular weight is 193 g/mol. The van der Waals surface area contributed by atoms with Crippen molar-refractivity contribution in [2.75, 3.05) is 5.73 Å². The third-order valence-corrected chi connectivity index (χ3v) is 1.81. The highest BCUT2D eigenvalue weighted by Gasteiger charge is 2.11. The smallest absolute Gasteiger partial charge is 0.339 e. The fourth-order valence-corrected chi connectivity index (χ4v) is 0.981. The van der Waals surface area contributed by atoms with E-state index in [2.05, 4.69) is 11.6 Å². The van der Waals surface area contributed by atoms with Crippen LogP contribution >= 0.6 is 0 Å². The van der Waals surface area contributed by atoms with E-state index >= 15 is 0 Å². The molecule has 0 bridgehead atoms. The van der Waals surface area contributed by atoms with Gasteiger partial charge in [0.15, 0.2) is 0 Å². The van der Waals surface area contributed by atoms with Gasteiger partial charge in [-0.3, -0.25) is 0 Å². The SMILES string of the molecule is C=CC(N)c1cnc(N)c(C(=O)O)c1. The van der Waals surface area contributed by atoms with E-state index in [1.54, 1.807) is 0 Å². The van der Waals surface area contributed by atoms with Gasteiger partial charge in [0.25, 0.3) is 0 Å². The normalized spacial score (nSPS) is 12.1. The number of rotatable bonds is 3. The van der Waals surface area contributed by atoms with Crippen LogP contribution in [0.3, 0.4) is 0 Å². The summed E-state index contributed by atoms with van der Waals surface area (Å²) in [7, 11) is 0. The maximum Gasteiger partial charge on any atom is 0.339 e. The van der Waals surface area contributed by atoms with Crippen molar-refractivity contribution in [1.29, 1.82) is 0 Å². The van der Waals surface area contributed by atoms with Gasteiger partial charge in [-0.2, -0.15) is 0 Å². The Morgan fingerprint density at radius 1 is 1.71 bits per heavy atom. The molecule has 1 heterocycles. The van der Waals surface area contributed by atoms with Crippen LogP contribution in [0.15, 0.2) is 24.9 Å². The fraction of sp³-hybridized carbons (Fsp3) is 0.111. The first-order valence-corrected chi connectivity index (χ1v) is 3.93. The number of pyridine rings is 1. The minimum absolute atomic E-state index is 0.0162. The maximum absolute atomic E-state index is 10.7. The van der Waals surface area contributed by atoms with E-state index in [0.29, 0.717) is 5.56 Å². The lowest BCUT2D eigenvalue weighted by Crippen LogP contribution is -2.11. The van der Waals surface area contributed by atoms with Gasteiger partial charge in [0, 0.05) is 12.2 Å². The summed E-state index contributed by atoms with van der Waals surface area (Å²) < 4.78 is 0. The molecule has 0 saturated heterocycles. The summed E-state index contributed by atoms with van der Waals surface area (Å²) >= 11 is 0. The summed E-state index contributed by atoms with van der Waals surface area (Å²) in [4.78, 5) is 14.4. The van der Waals surface area contributed by atoms with Crippen LogP contribution in [0.2, 0.25) is 0 Å². The molecular weight excluding hydrogens is 182 g/mol. The molecule has 0 radical (unpaired) electrons. The standard InChI is InChI=1S/C9H11N3O2/c1-2-7(10)5-3-6(9(13)14)8(11)12-4-5/h2-4,7H,1,10H2,(H2,11,12)(H,13,14). The molecule has 0 fully saturated rings. The van der Waals surface area contributed by atoms with E-state index in [9.17, 15) is 4.79 Å². The highest BCUT2D eigenvalue weighted by atomic mass is 16.4. The van der Waals surface area contributed by atoms with E-state index in [4.69, 9.17) is 16.6 Å².